The highest BCUT2D eigenvalue weighted by Gasteiger charge is 2.23. The molecule has 30 heavy (non-hydrogen) atoms. The molecule has 3 heterocycles. The first-order valence-corrected chi connectivity index (χ1v) is 9.62. The van der Waals surface area contributed by atoms with Crippen LogP contribution in [-0.2, 0) is 0 Å². The van der Waals surface area contributed by atoms with E-state index >= 15 is 0 Å². The molecule has 2 aliphatic heterocycles. The second-order valence-corrected chi connectivity index (χ2v) is 7.45. The van der Waals surface area contributed by atoms with Crippen molar-refractivity contribution in [3.05, 3.63) is 92.3 Å². The molecule has 0 unspecified atom stereocenters. The monoisotopic (exact) mass is 397 g/mol. The van der Waals surface area contributed by atoms with E-state index in [1.165, 1.54) is 0 Å². The lowest BCUT2D eigenvalue weighted by Gasteiger charge is -2.19. The number of aromatic amines is 1. The fourth-order valence-electron chi connectivity index (χ4n) is 3.94. The Morgan fingerprint density at radius 2 is 1.70 bits per heavy atom. The van der Waals surface area contributed by atoms with Crippen molar-refractivity contribution < 1.29 is 0 Å². The quantitative estimate of drug-likeness (QED) is 0.495. The molecule has 0 saturated carbocycles. The molecule has 3 aromatic rings. The van der Waals surface area contributed by atoms with Gasteiger partial charge >= 0.3 is 5.69 Å². The third-order valence-corrected chi connectivity index (χ3v) is 5.30. The summed E-state index contributed by atoms with van der Waals surface area (Å²) in [7, 11) is 0. The second kappa shape index (κ2) is 6.52. The number of aromatic nitrogens is 5. The Kier molecular flexibility index (Phi) is 3.92. The summed E-state index contributed by atoms with van der Waals surface area (Å²) in [6, 6.07) is 17.6. The van der Waals surface area contributed by atoms with Crippen molar-refractivity contribution in [3.63, 3.8) is 0 Å². The third kappa shape index (κ3) is 2.67. The van der Waals surface area contributed by atoms with Crippen molar-refractivity contribution in [2.75, 3.05) is 0 Å². The van der Waals surface area contributed by atoms with Gasteiger partial charge in [-0.1, -0.05) is 35.9 Å². The summed E-state index contributed by atoms with van der Waals surface area (Å²) < 4.78 is 3.69. The number of fused-ring (bicyclic) bond motifs is 2. The molecule has 0 saturated heterocycles. The molecule has 0 aliphatic carbocycles. The Hall–Kier alpha value is -4.00. The summed E-state index contributed by atoms with van der Waals surface area (Å²) in [4.78, 5) is 31.2. The van der Waals surface area contributed by atoms with Crippen molar-refractivity contribution in [2.24, 2.45) is 0 Å². The predicted octanol–water partition coefficient (Wildman–Crippen LogP) is 3.29. The molecule has 7 heteroatoms. The molecule has 0 spiro atoms. The van der Waals surface area contributed by atoms with E-state index in [0.717, 1.165) is 39.2 Å². The molecule has 1 N–H and O–H groups in total. The first-order chi connectivity index (χ1) is 14.4. The topological polar surface area (TPSA) is 85.6 Å². The number of hydrogen-bond acceptors (Lipinski definition) is 4. The average Bonchev–Trinajstić information content (AvgIpc) is 3.04. The SMILES string of the molecule is Cc1ccc(-n2c3nc(=O)[nH]c(=O)c-3cc3c(C)nn(-c4ccccc4)c32)c(C)c1. The lowest BCUT2D eigenvalue weighted by atomic mass is 10.1. The molecular weight excluding hydrogens is 378 g/mol. The highest BCUT2D eigenvalue weighted by molar-refractivity contribution is 5.88. The van der Waals surface area contributed by atoms with Crippen LogP contribution in [0.25, 0.3) is 33.8 Å². The number of hydrogen-bond donors (Lipinski definition) is 1. The number of nitrogens with one attached hydrogen (secondary N) is 1. The number of para-hydroxylation sites is 1. The second-order valence-electron chi connectivity index (χ2n) is 7.45. The van der Waals surface area contributed by atoms with Gasteiger partial charge in [0.25, 0.3) is 5.56 Å². The molecule has 2 aromatic carbocycles. The van der Waals surface area contributed by atoms with Crippen LogP contribution in [0.1, 0.15) is 16.8 Å². The van der Waals surface area contributed by atoms with Gasteiger partial charge in [-0.3, -0.25) is 14.3 Å². The molecule has 5 rings (SSSR count). The largest absolute Gasteiger partial charge is 0.349 e. The van der Waals surface area contributed by atoms with Gasteiger partial charge in [0.1, 0.15) is 5.65 Å². The minimum atomic E-state index is -0.673. The van der Waals surface area contributed by atoms with E-state index < -0.39 is 11.2 Å². The van der Waals surface area contributed by atoms with Gasteiger partial charge in [-0.25, -0.2) is 9.48 Å². The predicted molar refractivity (Wildman–Crippen MR) is 116 cm³/mol. The highest BCUT2D eigenvalue weighted by atomic mass is 16.2. The van der Waals surface area contributed by atoms with Gasteiger partial charge in [-0.15, -0.1) is 0 Å². The van der Waals surface area contributed by atoms with Crippen molar-refractivity contribution in [3.8, 4) is 22.8 Å². The van der Waals surface area contributed by atoms with Crippen LogP contribution >= 0.6 is 0 Å². The van der Waals surface area contributed by atoms with Gasteiger partial charge < -0.3 is 0 Å². The van der Waals surface area contributed by atoms with E-state index in [9.17, 15) is 9.59 Å². The van der Waals surface area contributed by atoms with Crippen LogP contribution in [0, 0.1) is 20.8 Å². The molecule has 148 valence electrons. The van der Waals surface area contributed by atoms with Gasteiger partial charge in [-0.2, -0.15) is 10.1 Å². The molecule has 2 aliphatic rings. The van der Waals surface area contributed by atoms with Gasteiger partial charge in [0.15, 0.2) is 5.82 Å². The van der Waals surface area contributed by atoms with Crippen molar-refractivity contribution >= 4 is 11.0 Å². The fraction of sp³-hybridized carbons (Fsp3) is 0.130. The number of rotatable bonds is 2. The van der Waals surface area contributed by atoms with Crippen LogP contribution in [0.5, 0.6) is 0 Å². The van der Waals surface area contributed by atoms with Crippen LogP contribution < -0.4 is 11.2 Å². The summed E-state index contributed by atoms with van der Waals surface area (Å²) in [5.74, 6) is 0.306. The summed E-state index contributed by atoms with van der Waals surface area (Å²) in [6.45, 7) is 5.93. The van der Waals surface area contributed by atoms with E-state index in [2.05, 4.69) is 16.0 Å². The fourth-order valence-corrected chi connectivity index (χ4v) is 3.94. The van der Waals surface area contributed by atoms with Gasteiger partial charge in [-0.05, 0) is 50.6 Å². The Balaban J connectivity index is 2.05. The molecule has 1 aromatic heterocycles. The van der Waals surface area contributed by atoms with Crippen molar-refractivity contribution in [1.82, 2.24) is 24.3 Å². The third-order valence-electron chi connectivity index (χ3n) is 5.30. The van der Waals surface area contributed by atoms with Crippen LogP contribution in [-0.4, -0.2) is 24.3 Å². The minimum absolute atomic E-state index is 0.306. The number of H-pyrrole nitrogens is 1. The molecule has 0 fully saturated rings. The lowest BCUT2D eigenvalue weighted by Crippen LogP contribution is -2.27. The maximum atomic E-state index is 12.6. The standard InChI is InChI=1S/C23H19N5O2/c1-13-9-10-19(14(2)11-13)27-20-18(21(29)25-23(30)24-20)12-17-15(3)26-28(22(17)27)16-7-5-4-6-8-16/h4-12H,1-3H3,(H,25,29,30). The molecule has 7 nitrogen and oxygen atoms in total. The first-order valence-electron chi connectivity index (χ1n) is 9.62. The molecule has 0 amide bonds. The van der Waals surface area contributed by atoms with E-state index in [0.29, 0.717) is 11.4 Å². The molecule has 0 atom stereocenters. The minimum Gasteiger partial charge on any atom is -0.277 e. The van der Waals surface area contributed by atoms with E-state index in [1.807, 2.05) is 72.5 Å². The Morgan fingerprint density at radius 3 is 2.43 bits per heavy atom. The summed E-state index contributed by atoms with van der Waals surface area (Å²) >= 11 is 0. The van der Waals surface area contributed by atoms with Gasteiger partial charge in [0.05, 0.1) is 22.6 Å². The van der Waals surface area contributed by atoms with Crippen LogP contribution in [0.4, 0.5) is 0 Å². The maximum Gasteiger partial charge on any atom is 0.349 e. The highest BCUT2D eigenvalue weighted by Crippen LogP contribution is 2.32. The van der Waals surface area contributed by atoms with E-state index in [4.69, 9.17) is 5.10 Å². The van der Waals surface area contributed by atoms with Gasteiger partial charge in [0, 0.05) is 5.39 Å². The Bertz CT molecular complexity index is 1510. The van der Waals surface area contributed by atoms with Crippen LogP contribution in [0.3, 0.4) is 0 Å². The zero-order chi connectivity index (χ0) is 21.0. The average molecular weight is 397 g/mol. The summed E-state index contributed by atoms with van der Waals surface area (Å²) in [6.07, 6.45) is 0. The van der Waals surface area contributed by atoms with Crippen molar-refractivity contribution in [2.45, 2.75) is 20.8 Å². The number of benzene rings is 2. The summed E-state index contributed by atoms with van der Waals surface area (Å²) in [5, 5.41) is 5.56. The molecular formula is C23H19N5O2. The molecule has 0 bridgehead atoms. The molecule has 0 radical (unpaired) electrons. The van der Waals surface area contributed by atoms with Crippen molar-refractivity contribution in [1.29, 1.82) is 0 Å². The number of aryl methyl sites for hydroxylation is 3. The Morgan fingerprint density at radius 1 is 0.933 bits per heavy atom. The summed E-state index contributed by atoms with van der Waals surface area (Å²) in [5.41, 5.74) is 4.57. The lowest BCUT2D eigenvalue weighted by molar-refractivity contribution is 0.849. The van der Waals surface area contributed by atoms with E-state index in [-0.39, 0.29) is 0 Å². The van der Waals surface area contributed by atoms with Crippen LogP contribution in [0.15, 0.2) is 64.2 Å². The van der Waals surface area contributed by atoms with E-state index in [1.54, 1.807) is 6.07 Å². The number of pyridine rings is 1. The normalized spacial score (nSPS) is 11.4. The zero-order valence-corrected chi connectivity index (χ0v) is 16.8. The van der Waals surface area contributed by atoms with Crippen LogP contribution in [0.2, 0.25) is 0 Å². The zero-order valence-electron chi connectivity index (χ0n) is 16.8. The first kappa shape index (κ1) is 18.1. The maximum absolute atomic E-state index is 12.6. The number of nitrogens with zero attached hydrogens (tertiary/aromatic N) is 4. The smallest absolute Gasteiger partial charge is 0.277 e. The van der Waals surface area contributed by atoms with Gasteiger partial charge in [0.2, 0.25) is 0 Å². The Labute approximate surface area is 171 Å².